The number of hydrogen-bond acceptors (Lipinski definition) is 19. The van der Waals surface area contributed by atoms with E-state index >= 15 is 8.78 Å². The van der Waals surface area contributed by atoms with Crippen LogP contribution >= 0.6 is 0 Å². The zero-order chi connectivity index (χ0) is 63.4. The maximum absolute atomic E-state index is 15.7. The molecule has 8 rings (SSSR count). The standard InChI is InChI=1S/2C21H25FN6O3.C10H18O5.C6H12O2.CH4/c2*1-4-23-20(29)28-19-26-13-8-12(11-9-24-18(25-10-11)21(2,3)30)16(22)15(17(13)27-19)14-6-5-7-31-14;1-9(2,3)14-7(11)13-8(12)15-10(4,5)6;1-5(7)8-6(2,3)4;/h2*8-10,14,30H,4-7H2,1-3H3,(H3,23,26,27,28,29);1-6H3;1-4H3;1H4/t2*14-;;;/m11.../s1. The van der Waals surface area contributed by atoms with Crippen molar-refractivity contribution >= 4 is 64.3 Å². The Morgan fingerprint density at radius 3 is 1.19 bits per heavy atom. The summed E-state index contributed by atoms with van der Waals surface area (Å²) in [5, 5.41) is 30.7. The number of hydrogen-bond donors (Lipinski definition) is 8. The van der Waals surface area contributed by atoms with Crippen LogP contribution in [0.5, 0.6) is 0 Å². The maximum Gasteiger partial charge on any atom is 0.519 e. The zero-order valence-electron chi connectivity index (χ0n) is 51.1. The van der Waals surface area contributed by atoms with E-state index in [1.54, 1.807) is 95.2 Å². The fourth-order valence-electron chi connectivity index (χ4n) is 8.27. The van der Waals surface area contributed by atoms with E-state index in [2.05, 4.69) is 65.9 Å². The van der Waals surface area contributed by atoms with Gasteiger partial charge in [-0.05, 0) is 142 Å². The predicted octanol–water partition coefficient (Wildman–Crippen LogP) is 11.6. The minimum Gasteiger partial charge on any atom is -0.460 e. The van der Waals surface area contributed by atoms with E-state index < -0.39 is 70.6 Å². The largest absolute Gasteiger partial charge is 0.519 e. The Kier molecular flexibility index (Phi) is 24.1. The third kappa shape index (κ3) is 20.9. The smallest absolute Gasteiger partial charge is 0.460 e. The van der Waals surface area contributed by atoms with Crippen molar-refractivity contribution < 1.29 is 71.4 Å². The Hall–Kier alpha value is -8.01. The molecule has 0 saturated carbocycles. The van der Waals surface area contributed by atoms with Crippen LogP contribution in [0, 0.1) is 11.6 Å². The van der Waals surface area contributed by atoms with Crippen molar-refractivity contribution in [3.05, 3.63) is 71.3 Å². The number of aromatic nitrogens is 8. The van der Waals surface area contributed by atoms with Gasteiger partial charge in [0.1, 0.15) is 39.6 Å². The summed E-state index contributed by atoms with van der Waals surface area (Å²) in [6, 6.07) is 2.41. The summed E-state index contributed by atoms with van der Waals surface area (Å²) in [5.41, 5.74) is -0.0120. The van der Waals surface area contributed by atoms with Crippen LogP contribution in [0.25, 0.3) is 44.3 Å². The maximum atomic E-state index is 15.7. The lowest BCUT2D eigenvalue weighted by Crippen LogP contribution is -2.29. The number of fused-ring (bicyclic) bond motifs is 2. The highest BCUT2D eigenvalue weighted by atomic mass is 19.1. The number of rotatable bonds is 10. The molecule has 6 aromatic rings. The van der Waals surface area contributed by atoms with Gasteiger partial charge < -0.3 is 59.2 Å². The number of benzene rings is 2. The molecule has 0 radical (unpaired) electrons. The fourth-order valence-corrected chi connectivity index (χ4v) is 8.27. The summed E-state index contributed by atoms with van der Waals surface area (Å²) in [7, 11) is 0. The van der Waals surface area contributed by atoms with Gasteiger partial charge in [0.05, 0.1) is 34.3 Å². The molecular weight excluding hydrogens is 1120 g/mol. The van der Waals surface area contributed by atoms with Crippen LogP contribution in [-0.2, 0) is 44.4 Å². The van der Waals surface area contributed by atoms with Crippen LogP contribution in [0.4, 0.5) is 39.9 Å². The van der Waals surface area contributed by atoms with Crippen LogP contribution < -0.4 is 21.3 Å². The monoisotopic (exact) mass is 1210 g/mol. The quantitative estimate of drug-likeness (QED) is 0.0359. The second-order valence-electron chi connectivity index (χ2n) is 23.7. The number of carbonyl (C=O) groups excluding carboxylic acids is 5. The summed E-state index contributed by atoms with van der Waals surface area (Å²) >= 11 is 0. The van der Waals surface area contributed by atoms with Gasteiger partial charge in [-0.15, -0.1) is 0 Å². The van der Waals surface area contributed by atoms with Gasteiger partial charge in [0.2, 0.25) is 11.9 Å². The molecule has 25 nitrogen and oxygen atoms in total. The van der Waals surface area contributed by atoms with Gasteiger partial charge in [-0.1, -0.05) is 7.43 Å². The molecular formula is C59H84F2N12O13. The third-order valence-corrected chi connectivity index (χ3v) is 11.6. The number of aliphatic hydroxyl groups is 2. The molecule has 4 amide bonds. The molecule has 4 aromatic heterocycles. The molecule has 2 aliphatic heterocycles. The number of anilines is 2. The van der Waals surface area contributed by atoms with Gasteiger partial charge in [0.25, 0.3) is 0 Å². The zero-order valence-corrected chi connectivity index (χ0v) is 51.1. The molecule has 27 heteroatoms. The van der Waals surface area contributed by atoms with Crippen molar-refractivity contribution in [2.75, 3.05) is 36.9 Å². The summed E-state index contributed by atoms with van der Waals surface area (Å²) in [6.07, 6.45) is 5.95. The number of nitrogens with one attached hydrogen (secondary N) is 6. The first-order chi connectivity index (χ1) is 39.5. The summed E-state index contributed by atoms with van der Waals surface area (Å²) in [6.45, 7) is 28.9. The topological polar surface area (TPSA) is 338 Å². The van der Waals surface area contributed by atoms with Crippen molar-refractivity contribution in [3.63, 3.8) is 0 Å². The number of aromatic amines is 2. The van der Waals surface area contributed by atoms with E-state index in [9.17, 15) is 34.2 Å². The van der Waals surface area contributed by atoms with E-state index in [1.807, 2.05) is 20.8 Å². The molecule has 2 saturated heterocycles. The first kappa shape index (κ1) is 70.5. The van der Waals surface area contributed by atoms with Gasteiger partial charge in [0, 0.05) is 91.4 Å². The third-order valence-electron chi connectivity index (χ3n) is 11.6. The summed E-state index contributed by atoms with van der Waals surface area (Å²) in [5.74, 6) is -0.238. The number of halogens is 2. The molecule has 2 aliphatic rings. The first-order valence-corrected chi connectivity index (χ1v) is 27.7. The SMILES string of the molecule is C.CC(=O)OC(C)(C)C.CC(C)(C)OC(=O)OC(=O)OC(C)(C)C.CCNC(=O)Nc1nc2c([C@H]3CCCO3)c(F)c(-c3cnc(C(C)(C)O)nc3)cc2[nH]1.CCNC(=O)Nc1nc2c([C@H]3CCCO3)c(F)c(-c3cnc(C(C)(C)O)nc3)cc2[nH]1. The van der Waals surface area contributed by atoms with Crippen molar-refractivity contribution in [2.45, 2.75) is 184 Å². The Bertz CT molecular complexity index is 3070. The highest BCUT2D eigenvalue weighted by Crippen LogP contribution is 2.41. The van der Waals surface area contributed by atoms with Gasteiger partial charge in [-0.25, -0.2) is 57.9 Å². The van der Waals surface area contributed by atoms with Gasteiger partial charge >= 0.3 is 30.3 Å². The highest BCUT2D eigenvalue weighted by Gasteiger charge is 2.32. The lowest BCUT2D eigenvalue weighted by atomic mass is 9.98. The van der Waals surface area contributed by atoms with Gasteiger partial charge in [0.15, 0.2) is 11.6 Å². The molecule has 2 aromatic carbocycles. The van der Waals surface area contributed by atoms with E-state index in [4.69, 9.17) is 23.7 Å². The molecule has 86 heavy (non-hydrogen) atoms. The Morgan fingerprint density at radius 2 is 0.930 bits per heavy atom. The normalized spacial score (nSPS) is 15.1. The molecule has 0 aliphatic carbocycles. The van der Waals surface area contributed by atoms with E-state index in [0.29, 0.717) is 83.5 Å². The fraction of sp³-hybridized carbons (Fsp3) is 0.542. The molecule has 8 N–H and O–H groups in total. The molecule has 0 bridgehead atoms. The predicted molar refractivity (Wildman–Crippen MR) is 318 cm³/mol. The second-order valence-corrected chi connectivity index (χ2v) is 23.7. The van der Waals surface area contributed by atoms with Crippen LogP contribution in [0.1, 0.15) is 179 Å². The van der Waals surface area contributed by atoms with E-state index in [1.165, 1.54) is 31.7 Å². The van der Waals surface area contributed by atoms with Crippen LogP contribution in [0.15, 0.2) is 36.9 Å². The Morgan fingerprint density at radius 1 is 0.593 bits per heavy atom. The lowest BCUT2D eigenvalue weighted by molar-refractivity contribution is -0.151. The second kappa shape index (κ2) is 29.4. The number of ether oxygens (including phenoxy) is 6. The molecule has 2 fully saturated rings. The van der Waals surface area contributed by atoms with Crippen molar-refractivity contribution in [1.82, 2.24) is 50.5 Å². The van der Waals surface area contributed by atoms with Crippen LogP contribution in [0.2, 0.25) is 0 Å². The van der Waals surface area contributed by atoms with Crippen molar-refractivity contribution in [3.8, 4) is 22.3 Å². The van der Waals surface area contributed by atoms with Crippen LogP contribution in [0.3, 0.4) is 0 Å². The van der Waals surface area contributed by atoms with E-state index in [-0.39, 0.29) is 53.7 Å². The number of nitrogens with zero attached hydrogens (tertiary/aromatic N) is 6. The minimum atomic E-state index is -1.20. The average molecular weight is 1210 g/mol. The van der Waals surface area contributed by atoms with Crippen molar-refractivity contribution in [2.24, 2.45) is 0 Å². The van der Waals surface area contributed by atoms with Gasteiger partial charge in [-0.2, -0.15) is 0 Å². The number of carbonyl (C=O) groups is 5. The van der Waals surface area contributed by atoms with Crippen molar-refractivity contribution in [1.29, 1.82) is 0 Å². The lowest BCUT2D eigenvalue weighted by Gasteiger charge is -2.20. The number of imidazole rings is 2. The number of amides is 4. The highest BCUT2D eigenvalue weighted by molar-refractivity contribution is 5.93. The van der Waals surface area contributed by atoms with Gasteiger partial charge in [-0.3, -0.25) is 15.4 Å². The number of H-pyrrole nitrogens is 2. The average Bonchev–Trinajstić information content (AvgIpc) is 2.56. The molecule has 0 spiro atoms. The number of urea groups is 2. The van der Waals surface area contributed by atoms with E-state index in [0.717, 1.165) is 12.8 Å². The molecule has 0 unspecified atom stereocenters. The molecule has 472 valence electrons. The Balaban J connectivity index is 0.000000271. The first-order valence-electron chi connectivity index (χ1n) is 27.7. The van der Waals surface area contributed by atoms with Crippen LogP contribution in [-0.4, -0.2) is 124 Å². The molecule has 2 atom stereocenters. The number of esters is 1. The Labute approximate surface area is 499 Å². The summed E-state index contributed by atoms with van der Waals surface area (Å²) in [4.78, 5) is 87.7. The molecule has 6 heterocycles. The minimum absolute atomic E-state index is 0. The summed E-state index contributed by atoms with van der Waals surface area (Å²) < 4.78 is 61.6.